The second-order valence-electron chi connectivity index (χ2n) is 2.36. The Morgan fingerprint density at radius 2 is 1.93 bits per heavy atom. The molecule has 0 spiro atoms. The van der Waals surface area contributed by atoms with Gasteiger partial charge < -0.3 is 5.11 Å². The SMILES string of the molecule is OCC#Cc1ccc(SC(F)F)cc1. The van der Waals surface area contributed by atoms with Gasteiger partial charge in [0.15, 0.2) is 0 Å². The standard InChI is InChI=1S/C10H8F2OS/c11-10(12)14-9-5-3-8(4-6-9)2-1-7-13/h3-6,10,13H,7H2. The minimum atomic E-state index is -2.40. The van der Waals surface area contributed by atoms with Crippen LogP contribution in [0.4, 0.5) is 8.78 Å². The molecule has 0 aliphatic heterocycles. The Balaban J connectivity index is 2.68. The summed E-state index contributed by atoms with van der Waals surface area (Å²) in [6, 6.07) is 6.46. The second kappa shape index (κ2) is 5.63. The fourth-order valence-corrected chi connectivity index (χ4v) is 1.36. The molecule has 1 nitrogen and oxygen atoms in total. The molecule has 0 amide bonds. The smallest absolute Gasteiger partial charge is 0.288 e. The predicted octanol–water partition coefficient (Wildman–Crippen LogP) is 2.35. The average molecular weight is 214 g/mol. The lowest BCUT2D eigenvalue weighted by atomic mass is 10.2. The molecule has 1 rings (SSSR count). The van der Waals surface area contributed by atoms with Gasteiger partial charge >= 0.3 is 0 Å². The van der Waals surface area contributed by atoms with Gasteiger partial charge in [0.2, 0.25) is 0 Å². The van der Waals surface area contributed by atoms with E-state index >= 15 is 0 Å². The van der Waals surface area contributed by atoms with Crippen molar-refractivity contribution in [3.8, 4) is 11.8 Å². The van der Waals surface area contributed by atoms with Gasteiger partial charge in [-0.15, -0.1) is 0 Å². The highest BCUT2D eigenvalue weighted by Crippen LogP contribution is 2.24. The van der Waals surface area contributed by atoms with E-state index in [2.05, 4.69) is 11.8 Å². The quantitative estimate of drug-likeness (QED) is 0.602. The van der Waals surface area contributed by atoms with Gasteiger partial charge in [-0.2, -0.15) is 8.78 Å². The molecule has 1 aromatic carbocycles. The molecule has 0 aliphatic rings. The molecule has 0 unspecified atom stereocenters. The molecule has 0 saturated carbocycles. The Hall–Kier alpha value is -1.05. The highest BCUT2D eigenvalue weighted by molar-refractivity contribution is 7.99. The summed E-state index contributed by atoms with van der Waals surface area (Å²) in [6.45, 7) is -0.201. The first-order chi connectivity index (χ1) is 6.72. The number of aliphatic hydroxyl groups is 1. The van der Waals surface area contributed by atoms with E-state index in [0.717, 1.165) is 0 Å². The number of hydrogen-bond acceptors (Lipinski definition) is 2. The van der Waals surface area contributed by atoms with Gasteiger partial charge in [0, 0.05) is 10.5 Å². The zero-order valence-electron chi connectivity index (χ0n) is 7.21. The molecular weight excluding hydrogens is 206 g/mol. The maximum atomic E-state index is 11.9. The van der Waals surface area contributed by atoms with Crippen molar-refractivity contribution in [3.63, 3.8) is 0 Å². The summed E-state index contributed by atoms with van der Waals surface area (Å²) >= 11 is 0.500. The van der Waals surface area contributed by atoms with Crippen molar-refractivity contribution in [2.45, 2.75) is 10.7 Å². The number of thioether (sulfide) groups is 1. The third-order valence-electron chi connectivity index (χ3n) is 1.39. The molecule has 0 aromatic heterocycles. The first-order valence-electron chi connectivity index (χ1n) is 3.87. The fourth-order valence-electron chi connectivity index (χ4n) is 0.861. The van der Waals surface area contributed by atoms with E-state index < -0.39 is 5.76 Å². The van der Waals surface area contributed by atoms with Crippen molar-refractivity contribution in [1.82, 2.24) is 0 Å². The van der Waals surface area contributed by atoms with Crippen LogP contribution in [0.2, 0.25) is 0 Å². The summed E-state index contributed by atoms with van der Waals surface area (Å²) in [5.41, 5.74) is 0.706. The van der Waals surface area contributed by atoms with E-state index in [1.807, 2.05) is 0 Å². The highest BCUT2D eigenvalue weighted by atomic mass is 32.2. The summed E-state index contributed by atoms with van der Waals surface area (Å²) in [5, 5.41) is 8.42. The summed E-state index contributed by atoms with van der Waals surface area (Å²) in [6.07, 6.45) is 0. The number of halogens is 2. The van der Waals surface area contributed by atoms with Crippen LogP contribution >= 0.6 is 11.8 Å². The van der Waals surface area contributed by atoms with Crippen LogP contribution in [0.5, 0.6) is 0 Å². The molecule has 0 bridgehead atoms. The van der Waals surface area contributed by atoms with Gasteiger partial charge in [-0.1, -0.05) is 23.6 Å². The molecule has 1 aromatic rings. The lowest BCUT2D eigenvalue weighted by Gasteiger charge is -1.98. The molecule has 0 saturated heterocycles. The molecule has 0 fully saturated rings. The summed E-state index contributed by atoms with van der Waals surface area (Å²) < 4.78 is 23.9. The van der Waals surface area contributed by atoms with E-state index in [4.69, 9.17) is 5.11 Å². The molecule has 74 valence electrons. The molecule has 0 heterocycles. The van der Waals surface area contributed by atoms with E-state index in [1.165, 1.54) is 0 Å². The van der Waals surface area contributed by atoms with E-state index in [9.17, 15) is 8.78 Å². The van der Waals surface area contributed by atoms with E-state index in [1.54, 1.807) is 24.3 Å². The second-order valence-corrected chi connectivity index (χ2v) is 3.43. The Morgan fingerprint density at radius 1 is 1.29 bits per heavy atom. The molecule has 0 atom stereocenters. The number of benzene rings is 1. The zero-order valence-corrected chi connectivity index (χ0v) is 8.02. The van der Waals surface area contributed by atoms with Crippen LogP contribution in [0.1, 0.15) is 5.56 Å². The number of hydrogen-bond donors (Lipinski definition) is 1. The van der Waals surface area contributed by atoms with Crippen LogP contribution < -0.4 is 0 Å². The van der Waals surface area contributed by atoms with Gasteiger partial charge in [-0.3, -0.25) is 0 Å². The zero-order chi connectivity index (χ0) is 10.4. The first-order valence-corrected chi connectivity index (χ1v) is 4.75. The van der Waals surface area contributed by atoms with Crippen LogP contribution in [-0.4, -0.2) is 17.5 Å². The largest absolute Gasteiger partial charge is 0.384 e. The number of rotatable bonds is 2. The van der Waals surface area contributed by atoms with Crippen molar-refractivity contribution in [3.05, 3.63) is 29.8 Å². The molecule has 0 aliphatic carbocycles. The summed E-state index contributed by atoms with van der Waals surface area (Å²) in [4.78, 5) is 0.509. The Kier molecular flexibility index (Phi) is 4.44. The van der Waals surface area contributed by atoms with Crippen molar-refractivity contribution in [2.75, 3.05) is 6.61 Å². The van der Waals surface area contributed by atoms with Crippen LogP contribution in [0.15, 0.2) is 29.2 Å². The lowest BCUT2D eigenvalue weighted by Crippen LogP contribution is -1.82. The molecule has 14 heavy (non-hydrogen) atoms. The van der Waals surface area contributed by atoms with Crippen molar-refractivity contribution < 1.29 is 13.9 Å². The van der Waals surface area contributed by atoms with Gasteiger partial charge in [-0.05, 0) is 24.3 Å². The average Bonchev–Trinajstić information content (AvgIpc) is 2.16. The van der Waals surface area contributed by atoms with Gasteiger partial charge in [0.25, 0.3) is 5.76 Å². The Morgan fingerprint density at radius 3 is 2.43 bits per heavy atom. The third-order valence-corrected chi connectivity index (χ3v) is 2.11. The van der Waals surface area contributed by atoms with E-state index in [0.29, 0.717) is 22.2 Å². The van der Waals surface area contributed by atoms with Gasteiger partial charge in [0.1, 0.15) is 6.61 Å². The number of aliphatic hydroxyl groups excluding tert-OH is 1. The van der Waals surface area contributed by atoms with Crippen LogP contribution in [-0.2, 0) is 0 Å². The summed E-state index contributed by atoms with van der Waals surface area (Å²) in [7, 11) is 0. The van der Waals surface area contributed by atoms with Crippen LogP contribution in [0.25, 0.3) is 0 Å². The molecule has 4 heteroatoms. The van der Waals surface area contributed by atoms with Crippen molar-refractivity contribution >= 4 is 11.8 Å². The van der Waals surface area contributed by atoms with Crippen molar-refractivity contribution in [1.29, 1.82) is 0 Å². The number of alkyl halides is 2. The lowest BCUT2D eigenvalue weighted by molar-refractivity contribution is 0.252. The normalized spacial score (nSPS) is 9.71. The van der Waals surface area contributed by atoms with Gasteiger partial charge in [-0.25, -0.2) is 0 Å². The monoisotopic (exact) mass is 214 g/mol. The maximum Gasteiger partial charge on any atom is 0.288 e. The topological polar surface area (TPSA) is 20.2 Å². The van der Waals surface area contributed by atoms with Crippen molar-refractivity contribution in [2.24, 2.45) is 0 Å². The molecule has 1 N–H and O–H groups in total. The Bertz CT molecular complexity index is 337. The van der Waals surface area contributed by atoms with E-state index in [-0.39, 0.29) is 6.61 Å². The predicted molar refractivity (Wildman–Crippen MR) is 52.3 cm³/mol. The maximum absolute atomic E-state index is 11.9. The van der Waals surface area contributed by atoms with Crippen LogP contribution in [0, 0.1) is 11.8 Å². The highest BCUT2D eigenvalue weighted by Gasteiger charge is 2.03. The minimum Gasteiger partial charge on any atom is -0.384 e. The minimum absolute atomic E-state index is 0.201. The third kappa shape index (κ3) is 3.77. The molecule has 0 radical (unpaired) electrons. The molecular formula is C10H8F2OS. The fraction of sp³-hybridized carbons (Fsp3) is 0.200. The van der Waals surface area contributed by atoms with Crippen LogP contribution in [0.3, 0.4) is 0 Å². The summed E-state index contributed by atoms with van der Waals surface area (Å²) in [5.74, 6) is 2.75. The first kappa shape index (κ1) is 11.0. The van der Waals surface area contributed by atoms with Gasteiger partial charge in [0.05, 0.1) is 0 Å². The Labute approximate surface area is 85.1 Å².